The Bertz CT molecular complexity index is 296. The largest absolute Gasteiger partial charge is 0.367 e. The average molecular weight is 176 g/mol. The van der Waals surface area contributed by atoms with E-state index in [2.05, 4.69) is 36.1 Å². The molecule has 13 heavy (non-hydrogen) atoms. The molecule has 0 bridgehead atoms. The molecule has 2 N–H and O–H groups in total. The van der Waals surface area contributed by atoms with Gasteiger partial charge in [-0.05, 0) is 25.0 Å². The van der Waals surface area contributed by atoms with E-state index in [4.69, 9.17) is 5.73 Å². The summed E-state index contributed by atoms with van der Waals surface area (Å²) in [6.07, 6.45) is 1.16. The summed E-state index contributed by atoms with van der Waals surface area (Å²) < 4.78 is 0. The zero-order chi connectivity index (χ0) is 9.26. The Balaban J connectivity index is 2.29. The van der Waals surface area contributed by atoms with Gasteiger partial charge in [-0.25, -0.2) is 0 Å². The van der Waals surface area contributed by atoms with Crippen LogP contribution in [-0.4, -0.2) is 19.1 Å². The highest BCUT2D eigenvalue weighted by Crippen LogP contribution is 2.30. The van der Waals surface area contributed by atoms with Crippen LogP contribution >= 0.6 is 0 Å². The maximum Gasteiger partial charge on any atom is 0.0402 e. The van der Waals surface area contributed by atoms with Crippen molar-refractivity contribution in [2.75, 3.05) is 18.0 Å². The summed E-state index contributed by atoms with van der Waals surface area (Å²) in [6.45, 7) is 3.96. The van der Waals surface area contributed by atoms with Crippen molar-refractivity contribution in [3.05, 3.63) is 29.8 Å². The molecule has 0 aliphatic carbocycles. The number of hydrogen-bond donors (Lipinski definition) is 1. The van der Waals surface area contributed by atoms with Crippen LogP contribution < -0.4 is 10.6 Å². The van der Waals surface area contributed by atoms with Crippen molar-refractivity contribution in [2.24, 2.45) is 5.73 Å². The maximum absolute atomic E-state index is 5.59. The Labute approximate surface area is 79.4 Å². The fraction of sp³-hybridized carbons (Fsp3) is 0.455. The van der Waals surface area contributed by atoms with Crippen LogP contribution in [0.3, 0.4) is 0 Å². The van der Waals surface area contributed by atoms with Crippen LogP contribution in [0.25, 0.3) is 0 Å². The molecule has 0 saturated heterocycles. The van der Waals surface area contributed by atoms with Crippen molar-refractivity contribution in [3.8, 4) is 0 Å². The van der Waals surface area contributed by atoms with Gasteiger partial charge >= 0.3 is 0 Å². The Hall–Kier alpha value is -1.02. The van der Waals surface area contributed by atoms with E-state index < -0.39 is 0 Å². The molecule has 1 heterocycles. The number of benzene rings is 1. The van der Waals surface area contributed by atoms with Crippen LogP contribution in [0, 0.1) is 0 Å². The third-order valence-electron chi connectivity index (χ3n) is 2.72. The predicted molar refractivity (Wildman–Crippen MR) is 56.0 cm³/mol. The van der Waals surface area contributed by atoms with Crippen molar-refractivity contribution >= 4 is 5.69 Å². The highest BCUT2D eigenvalue weighted by atomic mass is 15.2. The Morgan fingerprint density at radius 1 is 1.46 bits per heavy atom. The van der Waals surface area contributed by atoms with Gasteiger partial charge in [0.1, 0.15) is 0 Å². The van der Waals surface area contributed by atoms with Gasteiger partial charge in [0, 0.05) is 24.8 Å². The van der Waals surface area contributed by atoms with Gasteiger partial charge in [0.2, 0.25) is 0 Å². The number of rotatable bonds is 2. The van der Waals surface area contributed by atoms with Crippen molar-refractivity contribution in [1.29, 1.82) is 0 Å². The SMILES string of the molecule is C[C@H]1Cc2ccccc2N1CCN. The zero-order valence-electron chi connectivity index (χ0n) is 8.03. The van der Waals surface area contributed by atoms with E-state index in [9.17, 15) is 0 Å². The zero-order valence-corrected chi connectivity index (χ0v) is 8.03. The molecule has 1 aliphatic heterocycles. The van der Waals surface area contributed by atoms with Crippen molar-refractivity contribution in [2.45, 2.75) is 19.4 Å². The van der Waals surface area contributed by atoms with E-state index in [1.165, 1.54) is 11.3 Å². The Morgan fingerprint density at radius 2 is 2.23 bits per heavy atom. The lowest BCUT2D eigenvalue weighted by Crippen LogP contribution is -2.33. The minimum atomic E-state index is 0.612. The number of hydrogen-bond acceptors (Lipinski definition) is 2. The molecule has 0 radical (unpaired) electrons. The van der Waals surface area contributed by atoms with Gasteiger partial charge < -0.3 is 10.6 Å². The second kappa shape index (κ2) is 3.38. The first-order valence-corrected chi connectivity index (χ1v) is 4.87. The van der Waals surface area contributed by atoms with Gasteiger partial charge in [0.25, 0.3) is 0 Å². The van der Waals surface area contributed by atoms with Crippen molar-refractivity contribution in [1.82, 2.24) is 0 Å². The molecule has 2 heteroatoms. The molecule has 70 valence electrons. The summed E-state index contributed by atoms with van der Waals surface area (Å²) in [6, 6.07) is 9.22. The topological polar surface area (TPSA) is 29.3 Å². The van der Waals surface area contributed by atoms with Crippen LogP contribution in [0.4, 0.5) is 5.69 Å². The Kier molecular flexibility index (Phi) is 2.23. The highest BCUT2D eigenvalue weighted by Gasteiger charge is 2.24. The number of anilines is 1. The summed E-state index contributed by atoms with van der Waals surface area (Å²) in [5.41, 5.74) is 8.42. The minimum absolute atomic E-state index is 0.612. The lowest BCUT2D eigenvalue weighted by molar-refractivity contribution is 0.674. The third-order valence-corrected chi connectivity index (χ3v) is 2.72. The van der Waals surface area contributed by atoms with Crippen molar-refractivity contribution in [3.63, 3.8) is 0 Å². The summed E-state index contributed by atoms with van der Waals surface area (Å²) in [4.78, 5) is 2.40. The standard InChI is InChI=1S/C11H16N2/c1-9-8-10-4-2-3-5-11(10)13(9)7-6-12/h2-5,9H,6-8,12H2,1H3/t9-/m0/s1. The van der Waals surface area contributed by atoms with Crippen molar-refractivity contribution < 1.29 is 0 Å². The van der Waals surface area contributed by atoms with E-state index in [0.29, 0.717) is 6.04 Å². The molecule has 2 rings (SSSR count). The average Bonchev–Trinajstić information content (AvgIpc) is 2.44. The van der Waals surface area contributed by atoms with E-state index in [-0.39, 0.29) is 0 Å². The molecule has 1 atom stereocenters. The lowest BCUT2D eigenvalue weighted by atomic mass is 10.1. The minimum Gasteiger partial charge on any atom is -0.367 e. The molecule has 0 spiro atoms. The molecular formula is C11H16N2. The van der Waals surface area contributed by atoms with Gasteiger partial charge in [-0.1, -0.05) is 18.2 Å². The monoisotopic (exact) mass is 176 g/mol. The predicted octanol–water partition coefficient (Wildman–Crippen LogP) is 1.40. The molecule has 1 aromatic carbocycles. The fourth-order valence-electron chi connectivity index (χ4n) is 2.11. The smallest absolute Gasteiger partial charge is 0.0402 e. The molecule has 0 saturated carbocycles. The molecule has 1 aromatic rings. The first-order chi connectivity index (χ1) is 6.33. The van der Waals surface area contributed by atoms with Crippen LogP contribution in [0.1, 0.15) is 12.5 Å². The van der Waals surface area contributed by atoms with Gasteiger partial charge in [0.15, 0.2) is 0 Å². The quantitative estimate of drug-likeness (QED) is 0.738. The van der Waals surface area contributed by atoms with Crippen LogP contribution in [-0.2, 0) is 6.42 Å². The number of para-hydroxylation sites is 1. The second-order valence-corrected chi connectivity index (χ2v) is 3.66. The highest BCUT2D eigenvalue weighted by molar-refractivity contribution is 5.59. The fourth-order valence-corrected chi connectivity index (χ4v) is 2.11. The summed E-state index contributed by atoms with van der Waals surface area (Å²) in [5, 5.41) is 0. The van der Waals surface area contributed by atoms with Crippen LogP contribution in [0.5, 0.6) is 0 Å². The van der Waals surface area contributed by atoms with Gasteiger partial charge in [-0.15, -0.1) is 0 Å². The molecule has 0 amide bonds. The first kappa shape index (κ1) is 8.57. The molecule has 0 aromatic heterocycles. The Morgan fingerprint density at radius 3 is 3.00 bits per heavy atom. The van der Waals surface area contributed by atoms with E-state index in [1.807, 2.05) is 0 Å². The summed E-state index contributed by atoms with van der Waals surface area (Å²) >= 11 is 0. The van der Waals surface area contributed by atoms with E-state index in [0.717, 1.165) is 19.5 Å². The maximum atomic E-state index is 5.59. The molecule has 2 nitrogen and oxygen atoms in total. The van der Waals surface area contributed by atoms with Gasteiger partial charge in [-0.3, -0.25) is 0 Å². The van der Waals surface area contributed by atoms with Gasteiger partial charge in [0.05, 0.1) is 0 Å². The van der Waals surface area contributed by atoms with Crippen LogP contribution in [0.15, 0.2) is 24.3 Å². The molecule has 1 aliphatic rings. The normalized spacial score (nSPS) is 20.5. The number of nitrogens with zero attached hydrogens (tertiary/aromatic N) is 1. The first-order valence-electron chi connectivity index (χ1n) is 4.87. The number of nitrogens with two attached hydrogens (primary N) is 1. The van der Waals surface area contributed by atoms with Gasteiger partial charge in [-0.2, -0.15) is 0 Å². The number of fused-ring (bicyclic) bond motifs is 1. The summed E-state index contributed by atoms with van der Waals surface area (Å²) in [7, 11) is 0. The van der Waals surface area contributed by atoms with E-state index in [1.54, 1.807) is 0 Å². The van der Waals surface area contributed by atoms with Crippen LogP contribution in [0.2, 0.25) is 0 Å². The summed E-state index contributed by atoms with van der Waals surface area (Å²) in [5.74, 6) is 0. The van der Waals surface area contributed by atoms with E-state index >= 15 is 0 Å². The molecular weight excluding hydrogens is 160 g/mol. The molecule has 0 fully saturated rings. The molecule has 0 unspecified atom stereocenters. The third kappa shape index (κ3) is 1.42. The second-order valence-electron chi connectivity index (χ2n) is 3.66. The lowest BCUT2D eigenvalue weighted by Gasteiger charge is -2.23.